The Morgan fingerprint density at radius 2 is 2.07 bits per heavy atom. The van der Waals surface area contributed by atoms with Gasteiger partial charge in [-0.15, -0.1) is 0 Å². The predicted octanol–water partition coefficient (Wildman–Crippen LogP) is 4.38. The Labute approximate surface area is 162 Å². The van der Waals surface area contributed by atoms with Gasteiger partial charge >= 0.3 is 0 Å². The average Bonchev–Trinajstić information content (AvgIpc) is 3.07. The van der Waals surface area contributed by atoms with Gasteiger partial charge in [-0.25, -0.2) is 4.98 Å². The van der Waals surface area contributed by atoms with Crippen LogP contribution in [0.15, 0.2) is 53.6 Å². The summed E-state index contributed by atoms with van der Waals surface area (Å²) in [4.78, 5) is 4.68. The highest BCUT2D eigenvalue weighted by molar-refractivity contribution is 5.86. The molecule has 138 valence electrons. The van der Waals surface area contributed by atoms with Crippen molar-refractivity contribution in [2.45, 2.75) is 20.3 Å². The van der Waals surface area contributed by atoms with Crippen LogP contribution in [0.4, 0.5) is 5.82 Å². The molecule has 4 aromatic rings. The van der Waals surface area contributed by atoms with Gasteiger partial charge in [0.2, 0.25) is 0 Å². The normalized spacial score (nSPS) is 11.3. The van der Waals surface area contributed by atoms with Gasteiger partial charge in [0, 0.05) is 0 Å². The number of para-hydroxylation sites is 2. The van der Waals surface area contributed by atoms with E-state index in [1.165, 1.54) is 0 Å². The Kier molecular flexibility index (Phi) is 4.42. The Morgan fingerprint density at radius 3 is 2.82 bits per heavy atom. The maximum absolute atomic E-state index is 9.73. The number of hydrogen-bond donors (Lipinski definition) is 2. The summed E-state index contributed by atoms with van der Waals surface area (Å²) in [7, 11) is 0. The summed E-state index contributed by atoms with van der Waals surface area (Å²) in [6.45, 7) is 4.00. The second-order valence-corrected chi connectivity index (χ2v) is 6.52. The van der Waals surface area contributed by atoms with Gasteiger partial charge in [0.15, 0.2) is 5.65 Å². The SMILES string of the molecule is CCc1c(C)c(C#N)c2nc3ccccc3n2c1NN=Cc1cccc(O)c1. The molecule has 0 aliphatic heterocycles. The Morgan fingerprint density at radius 1 is 1.25 bits per heavy atom. The number of rotatable bonds is 4. The molecular formula is C22H19N5O. The van der Waals surface area contributed by atoms with E-state index < -0.39 is 0 Å². The molecule has 6 heteroatoms. The first-order valence-electron chi connectivity index (χ1n) is 9.05. The first-order chi connectivity index (χ1) is 13.6. The van der Waals surface area contributed by atoms with Gasteiger partial charge in [-0.1, -0.05) is 31.2 Å². The van der Waals surface area contributed by atoms with Crippen molar-refractivity contribution in [2.24, 2.45) is 5.10 Å². The number of hydrazone groups is 1. The fraction of sp³-hybridized carbons (Fsp3) is 0.136. The number of imidazole rings is 1. The maximum atomic E-state index is 9.73. The fourth-order valence-corrected chi connectivity index (χ4v) is 3.51. The van der Waals surface area contributed by atoms with Gasteiger partial charge in [-0.2, -0.15) is 10.4 Å². The summed E-state index contributed by atoms with van der Waals surface area (Å²) in [6, 6.07) is 17.0. The predicted molar refractivity (Wildman–Crippen MR) is 111 cm³/mol. The number of hydrogen-bond acceptors (Lipinski definition) is 5. The Bertz CT molecular complexity index is 1260. The number of fused-ring (bicyclic) bond motifs is 3. The van der Waals surface area contributed by atoms with Crippen molar-refractivity contribution in [3.8, 4) is 11.8 Å². The van der Waals surface area contributed by atoms with Crippen molar-refractivity contribution in [3.63, 3.8) is 0 Å². The molecule has 0 bridgehead atoms. The third-order valence-corrected chi connectivity index (χ3v) is 4.84. The highest BCUT2D eigenvalue weighted by Crippen LogP contribution is 2.31. The largest absolute Gasteiger partial charge is 0.508 e. The number of nitriles is 1. The number of phenols is 1. The molecule has 2 aromatic heterocycles. The topological polar surface area (TPSA) is 85.7 Å². The summed E-state index contributed by atoms with van der Waals surface area (Å²) < 4.78 is 1.96. The fourth-order valence-electron chi connectivity index (χ4n) is 3.51. The van der Waals surface area contributed by atoms with Crippen molar-refractivity contribution in [2.75, 3.05) is 5.43 Å². The van der Waals surface area contributed by atoms with Crippen molar-refractivity contribution >= 4 is 28.7 Å². The third-order valence-electron chi connectivity index (χ3n) is 4.84. The zero-order valence-electron chi connectivity index (χ0n) is 15.6. The van der Waals surface area contributed by atoms with Crippen LogP contribution in [-0.4, -0.2) is 20.7 Å². The first kappa shape index (κ1) is 17.6. The van der Waals surface area contributed by atoms with Crippen LogP contribution in [0.5, 0.6) is 5.75 Å². The first-order valence-corrected chi connectivity index (χ1v) is 9.05. The molecule has 4 rings (SSSR count). The summed E-state index contributed by atoms with van der Waals surface area (Å²) in [6.07, 6.45) is 2.39. The highest BCUT2D eigenvalue weighted by Gasteiger charge is 2.19. The van der Waals surface area contributed by atoms with Crippen molar-refractivity contribution in [3.05, 3.63) is 70.8 Å². The monoisotopic (exact) mass is 369 g/mol. The highest BCUT2D eigenvalue weighted by atomic mass is 16.3. The van der Waals surface area contributed by atoms with E-state index in [0.717, 1.165) is 40.0 Å². The molecule has 0 atom stereocenters. The lowest BCUT2D eigenvalue weighted by atomic mass is 10.0. The molecule has 0 unspecified atom stereocenters. The molecule has 2 heterocycles. The number of pyridine rings is 1. The number of benzene rings is 2. The average molecular weight is 369 g/mol. The van der Waals surface area contributed by atoms with Gasteiger partial charge in [0.1, 0.15) is 17.6 Å². The number of anilines is 1. The van der Waals surface area contributed by atoms with Gasteiger partial charge in [0.05, 0.1) is 22.8 Å². The molecule has 0 saturated heterocycles. The van der Waals surface area contributed by atoms with E-state index in [-0.39, 0.29) is 5.75 Å². The number of nitrogens with one attached hydrogen (secondary N) is 1. The third kappa shape index (κ3) is 2.83. The molecule has 6 nitrogen and oxygen atoms in total. The Hall–Kier alpha value is -3.85. The minimum Gasteiger partial charge on any atom is -0.508 e. The van der Waals surface area contributed by atoms with Crippen LogP contribution in [0.1, 0.15) is 29.2 Å². The van der Waals surface area contributed by atoms with Crippen LogP contribution < -0.4 is 5.43 Å². The molecule has 0 saturated carbocycles. The molecule has 0 aliphatic carbocycles. The van der Waals surface area contributed by atoms with Crippen LogP contribution in [-0.2, 0) is 6.42 Å². The molecule has 0 radical (unpaired) electrons. The van der Waals surface area contributed by atoms with E-state index in [9.17, 15) is 10.4 Å². The van der Waals surface area contributed by atoms with Crippen LogP contribution in [0.3, 0.4) is 0 Å². The quantitative estimate of drug-likeness (QED) is 0.413. The summed E-state index contributed by atoms with van der Waals surface area (Å²) in [5.74, 6) is 0.981. The second-order valence-electron chi connectivity index (χ2n) is 6.52. The van der Waals surface area contributed by atoms with Crippen molar-refractivity contribution in [1.82, 2.24) is 9.38 Å². The van der Waals surface area contributed by atoms with Gasteiger partial charge in [-0.05, 0) is 54.3 Å². The second kappa shape index (κ2) is 7.05. The lowest BCUT2D eigenvalue weighted by Gasteiger charge is -2.15. The van der Waals surface area contributed by atoms with Gasteiger partial charge in [-0.3, -0.25) is 9.83 Å². The molecule has 0 fully saturated rings. The summed E-state index contributed by atoms with van der Waals surface area (Å²) in [5.41, 5.74) is 8.79. The summed E-state index contributed by atoms with van der Waals surface area (Å²) in [5, 5.41) is 23.7. The number of nitrogens with zero attached hydrogens (tertiary/aromatic N) is 4. The van der Waals surface area contributed by atoms with E-state index in [0.29, 0.717) is 11.2 Å². The lowest BCUT2D eigenvalue weighted by molar-refractivity contribution is 0.475. The zero-order chi connectivity index (χ0) is 19.7. The smallest absolute Gasteiger partial charge is 0.157 e. The Balaban J connectivity index is 1.92. The van der Waals surface area contributed by atoms with E-state index >= 15 is 0 Å². The minimum absolute atomic E-state index is 0.190. The molecule has 2 N–H and O–H groups in total. The van der Waals surface area contributed by atoms with E-state index in [1.54, 1.807) is 24.4 Å². The molecule has 28 heavy (non-hydrogen) atoms. The van der Waals surface area contributed by atoms with Gasteiger partial charge in [0.25, 0.3) is 0 Å². The van der Waals surface area contributed by atoms with Crippen LogP contribution in [0.25, 0.3) is 16.7 Å². The number of phenolic OH excluding ortho intramolecular Hbond substituents is 1. The minimum atomic E-state index is 0.190. The van der Waals surface area contributed by atoms with Crippen LogP contribution >= 0.6 is 0 Å². The van der Waals surface area contributed by atoms with Crippen LogP contribution in [0, 0.1) is 18.3 Å². The van der Waals surface area contributed by atoms with E-state index in [1.807, 2.05) is 41.7 Å². The molecule has 0 aliphatic rings. The van der Waals surface area contributed by atoms with Crippen LogP contribution in [0.2, 0.25) is 0 Å². The van der Waals surface area contributed by atoms with E-state index in [4.69, 9.17) is 0 Å². The zero-order valence-corrected chi connectivity index (χ0v) is 15.6. The molecule has 0 amide bonds. The van der Waals surface area contributed by atoms with Gasteiger partial charge < -0.3 is 5.11 Å². The standard InChI is InChI=1S/C22H19N5O/c1-3-17-14(2)18(12-23)21-25-19-9-4-5-10-20(19)27(21)22(17)26-24-13-15-7-6-8-16(28)11-15/h4-11,13,26,28H,3H2,1-2H3. The number of aromatic nitrogens is 2. The van der Waals surface area contributed by atoms with Crippen molar-refractivity contribution in [1.29, 1.82) is 5.26 Å². The maximum Gasteiger partial charge on any atom is 0.157 e. The molecule has 0 spiro atoms. The van der Waals surface area contributed by atoms with E-state index in [2.05, 4.69) is 28.5 Å². The number of aromatic hydroxyl groups is 1. The van der Waals surface area contributed by atoms with Crippen molar-refractivity contribution < 1.29 is 5.11 Å². The molecular weight excluding hydrogens is 350 g/mol. The lowest BCUT2D eigenvalue weighted by Crippen LogP contribution is -2.07. The molecule has 2 aromatic carbocycles. The summed E-state index contributed by atoms with van der Waals surface area (Å²) >= 11 is 0.